The van der Waals surface area contributed by atoms with Crippen LogP contribution in [0.15, 0.2) is 55.1 Å². The molecule has 0 amide bonds. The van der Waals surface area contributed by atoms with Crippen molar-refractivity contribution in [1.29, 1.82) is 0 Å². The molecule has 5 nitrogen and oxygen atoms in total. The number of aromatic hydroxyl groups is 1. The summed E-state index contributed by atoms with van der Waals surface area (Å²) in [5, 5.41) is 10.7. The zero-order valence-electron chi connectivity index (χ0n) is 18.1. The molecule has 4 fully saturated rings. The number of benzene rings is 2. The minimum absolute atomic E-state index is 0.0113. The average Bonchev–Trinajstić information content (AvgIpc) is 2.77. The monoisotopic (exact) mass is 432 g/mol. The molecule has 5 heteroatoms. The Morgan fingerprint density at radius 2 is 1.53 bits per heavy atom. The van der Waals surface area contributed by atoms with Crippen LogP contribution in [0.1, 0.15) is 64.8 Å². The van der Waals surface area contributed by atoms with Crippen molar-refractivity contribution in [2.75, 3.05) is 6.61 Å². The maximum Gasteiger partial charge on any atom is 0.343 e. The number of ether oxygens (including phenoxy) is 2. The molecule has 2 aromatic rings. The molecule has 6 rings (SSSR count). The Labute approximate surface area is 188 Å². The van der Waals surface area contributed by atoms with Crippen LogP contribution in [-0.2, 0) is 10.2 Å². The molecule has 0 aliphatic heterocycles. The van der Waals surface area contributed by atoms with Gasteiger partial charge in [0.05, 0.1) is 11.1 Å². The molecule has 0 radical (unpaired) electrons. The molecule has 4 bridgehead atoms. The number of esters is 2. The van der Waals surface area contributed by atoms with E-state index in [1.165, 1.54) is 25.3 Å². The Kier molecular flexibility index (Phi) is 5.28. The number of hydrogen-bond acceptors (Lipinski definition) is 5. The maximum atomic E-state index is 12.9. The topological polar surface area (TPSA) is 72.8 Å². The van der Waals surface area contributed by atoms with Gasteiger partial charge in [-0.25, -0.2) is 9.59 Å². The lowest BCUT2D eigenvalue weighted by Crippen LogP contribution is -2.48. The third kappa shape index (κ3) is 3.81. The molecule has 0 unspecified atom stereocenters. The van der Waals surface area contributed by atoms with E-state index in [9.17, 15) is 14.7 Å². The maximum absolute atomic E-state index is 12.9. The van der Waals surface area contributed by atoms with Crippen molar-refractivity contribution in [1.82, 2.24) is 0 Å². The highest BCUT2D eigenvalue weighted by atomic mass is 16.5. The van der Waals surface area contributed by atoms with Gasteiger partial charge in [-0.2, -0.15) is 0 Å². The van der Waals surface area contributed by atoms with E-state index in [0.29, 0.717) is 16.9 Å². The quantitative estimate of drug-likeness (QED) is 0.375. The lowest BCUT2D eigenvalue weighted by molar-refractivity contribution is -0.00616. The van der Waals surface area contributed by atoms with E-state index in [2.05, 4.69) is 6.58 Å². The molecule has 1 N–H and O–H groups in total. The smallest absolute Gasteiger partial charge is 0.343 e. The van der Waals surface area contributed by atoms with Crippen LogP contribution in [0.5, 0.6) is 11.5 Å². The fourth-order valence-corrected chi connectivity index (χ4v) is 6.57. The van der Waals surface area contributed by atoms with Gasteiger partial charge in [0.25, 0.3) is 0 Å². The van der Waals surface area contributed by atoms with E-state index < -0.39 is 11.9 Å². The van der Waals surface area contributed by atoms with Crippen LogP contribution < -0.4 is 4.74 Å². The molecule has 32 heavy (non-hydrogen) atoms. The standard InChI is InChI=1S/C27H28O5/c1-2-9-31-25(29)20-3-6-22(7-4-20)32-26(30)21-5-8-24(28)23(13-21)27-14-17-10-18(15-27)12-19(11-17)16-27/h2-8,13,17-19,28H,1,9-12,14-16H2. The highest BCUT2D eigenvalue weighted by Crippen LogP contribution is 2.61. The van der Waals surface area contributed by atoms with Crippen molar-refractivity contribution < 1.29 is 24.2 Å². The first kappa shape index (κ1) is 20.8. The minimum atomic E-state index is -0.474. The predicted octanol–water partition coefficient (Wildman–Crippen LogP) is 5.42. The zero-order chi connectivity index (χ0) is 22.3. The second kappa shape index (κ2) is 8.12. The Bertz CT molecular complexity index is 1020. The number of phenolic OH excluding ortho intramolecular Hbond substituents is 1. The van der Waals surface area contributed by atoms with Crippen LogP contribution in [0, 0.1) is 17.8 Å². The molecule has 0 aromatic heterocycles. The number of carbonyl (C=O) groups is 2. The van der Waals surface area contributed by atoms with E-state index in [4.69, 9.17) is 9.47 Å². The zero-order valence-corrected chi connectivity index (χ0v) is 18.1. The molecule has 0 atom stereocenters. The summed E-state index contributed by atoms with van der Waals surface area (Å²) in [4.78, 5) is 24.7. The number of phenols is 1. The van der Waals surface area contributed by atoms with Crippen molar-refractivity contribution in [3.8, 4) is 11.5 Å². The second-order valence-corrected chi connectivity index (χ2v) is 9.73. The molecule has 0 saturated heterocycles. The normalized spacial score (nSPS) is 27.7. The molecule has 0 spiro atoms. The van der Waals surface area contributed by atoms with Crippen molar-refractivity contribution in [3.05, 3.63) is 71.8 Å². The Morgan fingerprint density at radius 1 is 0.938 bits per heavy atom. The first-order chi connectivity index (χ1) is 15.5. The number of carbonyl (C=O) groups excluding carboxylic acids is 2. The van der Waals surface area contributed by atoms with Gasteiger partial charge >= 0.3 is 11.9 Å². The fourth-order valence-electron chi connectivity index (χ4n) is 6.57. The summed E-state index contributed by atoms with van der Waals surface area (Å²) >= 11 is 0. The van der Waals surface area contributed by atoms with Crippen molar-refractivity contribution in [2.24, 2.45) is 17.8 Å². The molecule has 0 heterocycles. The van der Waals surface area contributed by atoms with E-state index in [-0.39, 0.29) is 17.8 Å². The Balaban J connectivity index is 1.33. The molecular formula is C27H28O5. The molecule has 2 aromatic carbocycles. The number of rotatable bonds is 6. The van der Waals surface area contributed by atoms with Gasteiger partial charge in [0, 0.05) is 5.56 Å². The van der Waals surface area contributed by atoms with Crippen molar-refractivity contribution >= 4 is 11.9 Å². The molecule has 4 aliphatic carbocycles. The third-order valence-corrected chi connectivity index (χ3v) is 7.47. The largest absolute Gasteiger partial charge is 0.508 e. The highest BCUT2D eigenvalue weighted by Gasteiger charge is 2.52. The first-order valence-electron chi connectivity index (χ1n) is 11.4. The van der Waals surface area contributed by atoms with Gasteiger partial charge in [-0.15, -0.1) is 0 Å². The lowest BCUT2D eigenvalue weighted by Gasteiger charge is -2.57. The van der Waals surface area contributed by atoms with Gasteiger partial charge < -0.3 is 14.6 Å². The fraction of sp³-hybridized carbons (Fsp3) is 0.407. The van der Waals surface area contributed by atoms with Crippen LogP contribution in [0.2, 0.25) is 0 Å². The van der Waals surface area contributed by atoms with Crippen LogP contribution >= 0.6 is 0 Å². The van der Waals surface area contributed by atoms with Crippen LogP contribution in [0.25, 0.3) is 0 Å². The average molecular weight is 433 g/mol. The third-order valence-electron chi connectivity index (χ3n) is 7.47. The van der Waals surface area contributed by atoms with Gasteiger partial charge in [0.15, 0.2) is 0 Å². The summed E-state index contributed by atoms with van der Waals surface area (Å²) in [7, 11) is 0. The van der Waals surface area contributed by atoms with E-state index in [1.54, 1.807) is 36.4 Å². The molecule has 4 aliphatic rings. The van der Waals surface area contributed by atoms with Gasteiger partial charge in [0.2, 0.25) is 0 Å². The molecule has 4 saturated carbocycles. The molecular weight excluding hydrogens is 404 g/mol. The van der Waals surface area contributed by atoms with Crippen LogP contribution in [0.3, 0.4) is 0 Å². The first-order valence-corrected chi connectivity index (χ1v) is 11.4. The van der Waals surface area contributed by atoms with Gasteiger partial charge in [-0.05, 0) is 104 Å². The Hall–Kier alpha value is -3.08. The van der Waals surface area contributed by atoms with Crippen molar-refractivity contribution in [3.63, 3.8) is 0 Å². The van der Waals surface area contributed by atoms with E-state index >= 15 is 0 Å². The summed E-state index contributed by atoms with van der Waals surface area (Å²) < 4.78 is 10.5. The summed E-state index contributed by atoms with van der Waals surface area (Å²) in [6.45, 7) is 3.66. The van der Waals surface area contributed by atoms with Crippen molar-refractivity contribution in [2.45, 2.75) is 43.9 Å². The highest BCUT2D eigenvalue weighted by molar-refractivity contribution is 5.92. The SMILES string of the molecule is C=CCOC(=O)c1ccc(OC(=O)c2ccc(O)c(C34CC5CC(CC(C5)C3)C4)c2)cc1. The molecule has 166 valence electrons. The van der Waals surface area contributed by atoms with Crippen LogP contribution in [0.4, 0.5) is 0 Å². The number of hydrogen-bond donors (Lipinski definition) is 1. The summed E-state index contributed by atoms with van der Waals surface area (Å²) in [6, 6.07) is 11.3. The van der Waals surface area contributed by atoms with Gasteiger partial charge in [0.1, 0.15) is 18.1 Å². The Morgan fingerprint density at radius 3 is 2.12 bits per heavy atom. The summed E-state index contributed by atoms with van der Waals surface area (Å²) in [5.74, 6) is 1.93. The summed E-state index contributed by atoms with van der Waals surface area (Å²) in [5.41, 5.74) is 1.71. The second-order valence-electron chi connectivity index (χ2n) is 9.73. The summed E-state index contributed by atoms with van der Waals surface area (Å²) in [6.07, 6.45) is 8.78. The van der Waals surface area contributed by atoms with Gasteiger partial charge in [-0.3, -0.25) is 0 Å². The van der Waals surface area contributed by atoms with E-state index in [1.807, 2.05) is 6.07 Å². The minimum Gasteiger partial charge on any atom is -0.508 e. The van der Waals surface area contributed by atoms with E-state index in [0.717, 1.165) is 42.6 Å². The van der Waals surface area contributed by atoms with Crippen LogP contribution in [-0.4, -0.2) is 23.7 Å². The van der Waals surface area contributed by atoms with Gasteiger partial charge in [-0.1, -0.05) is 12.7 Å². The predicted molar refractivity (Wildman–Crippen MR) is 120 cm³/mol. The lowest BCUT2D eigenvalue weighted by atomic mass is 9.48.